The number of nitrogens with one attached hydrogen (secondary N) is 3. The van der Waals surface area contributed by atoms with Gasteiger partial charge in [-0.2, -0.15) is 0 Å². The van der Waals surface area contributed by atoms with Gasteiger partial charge in [-0.3, -0.25) is 19.1 Å². The zero-order valence-corrected chi connectivity index (χ0v) is 29.8. The highest BCUT2D eigenvalue weighted by Crippen LogP contribution is 2.46. The molecule has 49 heavy (non-hydrogen) atoms. The molecule has 0 bridgehead atoms. The number of carbonyl (C=O) groups excluding carboxylic acids is 3. The Morgan fingerprint density at radius 3 is 2.76 bits per heavy atom. The molecule has 3 N–H and O–H groups in total. The minimum atomic E-state index is -3.86. The second-order valence-corrected chi connectivity index (χ2v) is 17.2. The minimum absolute atomic E-state index is 0.0798. The van der Waals surface area contributed by atoms with Gasteiger partial charge < -0.3 is 20.3 Å². The number of allylic oxidation sites excluding steroid dienone is 1. The molecule has 260 valence electrons. The maximum absolute atomic E-state index is 14.4. The van der Waals surface area contributed by atoms with Crippen molar-refractivity contribution in [1.29, 1.82) is 0 Å². The molecule has 15 heteroatoms. The van der Waals surface area contributed by atoms with Gasteiger partial charge in [0.2, 0.25) is 21.8 Å². The van der Waals surface area contributed by atoms with E-state index in [1.54, 1.807) is 12.1 Å². The van der Waals surface area contributed by atoms with E-state index in [4.69, 9.17) is 4.74 Å². The molecule has 3 heterocycles. The summed E-state index contributed by atoms with van der Waals surface area (Å²) >= 11 is 4.83. The van der Waals surface area contributed by atoms with Gasteiger partial charge in [0.1, 0.15) is 29.5 Å². The Hall–Kier alpha value is -3.56. The monoisotopic (exact) mass is 773 g/mol. The molecule has 2 aromatic carbocycles. The van der Waals surface area contributed by atoms with E-state index in [2.05, 4.69) is 36.3 Å². The van der Waals surface area contributed by atoms with Crippen LogP contribution in [0, 0.1) is 11.7 Å². The first-order chi connectivity index (χ1) is 23.5. The number of fused-ring (bicyclic) bond motifs is 3. The van der Waals surface area contributed by atoms with Gasteiger partial charge in [0.15, 0.2) is 0 Å². The van der Waals surface area contributed by atoms with Crippen LogP contribution >= 0.6 is 27.3 Å². The zero-order valence-electron chi connectivity index (χ0n) is 26.6. The van der Waals surface area contributed by atoms with E-state index in [1.165, 1.54) is 28.4 Å². The van der Waals surface area contributed by atoms with Crippen LogP contribution in [0.3, 0.4) is 0 Å². The molecule has 7 rings (SSSR count). The second-order valence-electron chi connectivity index (χ2n) is 13.3. The standard InChI is InChI=1S/C34H37BrFN5O6S2/c35-21-11-14-26-29(15-21)48-33(38-26)47-24-17-28-30(42)39-34(32(44)40-49(45,46)25-12-13-25)18-20(34)7-4-2-1-3-5-10-27(31(43)41(28)19-24)37-23-9-6-8-22(36)16-23/h4,6-9,11,14-16,20,24-25,27-28,37H,1-3,5,10,12-13,17-19H2,(H,39,42)(H,40,44)/t20-,24-,27+,28+,34-/m1/s1. The summed E-state index contributed by atoms with van der Waals surface area (Å²) in [4.78, 5) is 48.3. The molecule has 0 spiro atoms. The molecule has 1 aromatic heterocycles. The van der Waals surface area contributed by atoms with Crippen molar-refractivity contribution >= 4 is 70.9 Å². The highest BCUT2D eigenvalue weighted by molar-refractivity contribution is 9.10. The number of nitrogens with zero attached hydrogens (tertiary/aromatic N) is 2. The van der Waals surface area contributed by atoms with Gasteiger partial charge in [-0.25, -0.2) is 17.8 Å². The van der Waals surface area contributed by atoms with Crippen molar-refractivity contribution in [1.82, 2.24) is 19.9 Å². The van der Waals surface area contributed by atoms with Crippen molar-refractivity contribution in [3.8, 4) is 5.19 Å². The molecule has 0 unspecified atom stereocenters. The number of rotatable bonds is 7. The van der Waals surface area contributed by atoms with Crippen molar-refractivity contribution in [3.05, 3.63) is 64.9 Å². The van der Waals surface area contributed by atoms with Crippen LogP contribution in [0.2, 0.25) is 0 Å². The van der Waals surface area contributed by atoms with Crippen LogP contribution in [0.1, 0.15) is 57.8 Å². The fourth-order valence-electron chi connectivity index (χ4n) is 6.70. The fourth-order valence-corrected chi connectivity index (χ4v) is 9.49. The third-order valence-corrected chi connectivity index (χ3v) is 12.8. The minimum Gasteiger partial charge on any atom is -0.465 e. The van der Waals surface area contributed by atoms with Crippen LogP contribution in [0.5, 0.6) is 5.19 Å². The maximum Gasteiger partial charge on any atom is 0.274 e. The number of carbonyl (C=O) groups is 3. The molecule has 2 aliphatic heterocycles. The second kappa shape index (κ2) is 13.6. The summed E-state index contributed by atoms with van der Waals surface area (Å²) in [7, 11) is -3.86. The summed E-state index contributed by atoms with van der Waals surface area (Å²) in [5.74, 6) is -2.51. The summed E-state index contributed by atoms with van der Waals surface area (Å²) in [6.07, 6.45) is 8.18. The van der Waals surface area contributed by atoms with Crippen molar-refractivity contribution in [2.75, 3.05) is 11.9 Å². The Morgan fingerprint density at radius 1 is 1.12 bits per heavy atom. The highest BCUT2D eigenvalue weighted by Gasteiger charge is 2.62. The predicted molar refractivity (Wildman–Crippen MR) is 187 cm³/mol. The van der Waals surface area contributed by atoms with Crippen LogP contribution in [0.25, 0.3) is 10.2 Å². The lowest BCUT2D eigenvalue weighted by atomic mass is 10.0. The number of hydrogen-bond donors (Lipinski definition) is 3. The number of ether oxygens (including phenoxy) is 1. The normalized spacial score (nSPS) is 27.8. The Labute approximate surface area is 296 Å². The lowest BCUT2D eigenvalue weighted by Gasteiger charge is -2.30. The number of halogens is 2. The van der Waals surface area contributed by atoms with Crippen LogP contribution in [0.4, 0.5) is 10.1 Å². The topological polar surface area (TPSA) is 147 Å². The van der Waals surface area contributed by atoms with E-state index >= 15 is 0 Å². The number of amides is 3. The summed E-state index contributed by atoms with van der Waals surface area (Å²) in [5.41, 5.74) is -0.254. The number of thiazole rings is 1. The molecule has 0 radical (unpaired) electrons. The number of hydrogen-bond acceptors (Lipinski definition) is 9. The van der Waals surface area contributed by atoms with Gasteiger partial charge in [0, 0.05) is 22.5 Å². The summed E-state index contributed by atoms with van der Waals surface area (Å²) in [5, 5.41) is 5.88. The molecule has 2 saturated carbocycles. The van der Waals surface area contributed by atoms with Gasteiger partial charge in [-0.05, 0) is 74.9 Å². The fraction of sp³-hybridized carbons (Fsp3) is 0.471. The average molecular weight is 775 g/mol. The van der Waals surface area contributed by atoms with Gasteiger partial charge >= 0.3 is 0 Å². The van der Waals surface area contributed by atoms with Gasteiger partial charge in [-0.1, -0.05) is 58.3 Å². The molecule has 4 aliphatic rings. The van der Waals surface area contributed by atoms with Crippen molar-refractivity contribution in [2.45, 2.75) is 86.8 Å². The summed E-state index contributed by atoms with van der Waals surface area (Å²) in [6.45, 7) is 0.0798. The largest absolute Gasteiger partial charge is 0.465 e. The van der Waals surface area contributed by atoms with E-state index < -0.39 is 62.5 Å². The van der Waals surface area contributed by atoms with E-state index in [0.717, 1.165) is 34.0 Å². The molecule has 2 aliphatic carbocycles. The smallest absolute Gasteiger partial charge is 0.274 e. The quantitative estimate of drug-likeness (QED) is 0.284. The average Bonchev–Trinajstić information content (AvgIpc) is 3.95. The Morgan fingerprint density at radius 2 is 1.96 bits per heavy atom. The van der Waals surface area contributed by atoms with E-state index in [1.807, 2.05) is 30.4 Å². The third kappa shape index (κ3) is 7.48. The first-order valence-electron chi connectivity index (χ1n) is 16.6. The molecule has 3 amide bonds. The van der Waals surface area contributed by atoms with Gasteiger partial charge in [-0.15, -0.1) is 0 Å². The van der Waals surface area contributed by atoms with Crippen LogP contribution in [-0.4, -0.2) is 71.5 Å². The Balaban J connectivity index is 1.18. The number of benzene rings is 2. The number of sulfonamides is 1. The summed E-state index contributed by atoms with van der Waals surface area (Å²) in [6, 6.07) is 9.82. The molecule has 1 saturated heterocycles. The van der Waals surface area contributed by atoms with Gasteiger partial charge in [0.05, 0.1) is 22.0 Å². The van der Waals surface area contributed by atoms with Crippen LogP contribution < -0.4 is 20.1 Å². The highest BCUT2D eigenvalue weighted by atomic mass is 79.9. The van der Waals surface area contributed by atoms with Gasteiger partial charge in [0.25, 0.3) is 11.1 Å². The molecule has 5 atom stereocenters. The van der Waals surface area contributed by atoms with Crippen molar-refractivity contribution in [3.63, 3.8) is 0 Å². The number of aromatic nitrogens is 1. The number of anilines is 1. The summed E-state index contributed by atoms with van der Waals surface area (Å²) < 4.78 is 50.0. The third-order valence-electron chi connectivity index (χ3n) is 9.61. The lowest BCUT2D eigenvalue weighted by Crippen LogP contribution is -2.57. The van der Waals surface area contributed by atoms with Crippen LogP contribution in [-0.2, 0) is 24.4 Å². The Bertz CT molecular complexity index is 1920. The maximum atomic E-state index is 14.4. The molecule has 3 fully saturated rings. The zero-order chi connectivity index (χ0) is 34.3. The van der Waals surface area contributed by atoms with Crippen LogP contribution in [0.15, 0.2) is 59.1 Å². The van der Waals surface area contributed by atoms with E-state index in [0.29, 0.717) is 36.6 Å². The molecular weight excluding hydrogens is 737 g/mol. The van der Waals surface area contributed by atoms with Crippen molar-refractivity contribution < 1.29 is 31.9 Å². The van der Waals surface area contributed by atoms with E-state index in [9.17, 15) is 27.2 Å². The Kier molecular flexibility index (Phi) is 9.43. The molecule has 11 nitrogen and oxygen atoms in total. The van der Waals surface area contributed by atoms with E-state index in [-0.39, 0.29) is 25.3 Å². The first-order valence-corrected chi connectivity index (χ1v) is 19.8. The predicted octanol–water partition coefficient (Wildman–Crippen LogP) is 5.03. The van der Waals surface area contributed by atoms with Crippen molar-refractivity contribution in [2.24, 2.45) is 5.92 Å². The lowest BCUT2D eigenvalue weighted by molar-refractivity contribution is -0.140. The SMILES string of the molecule is O=C1N[C@]2(C(=O)NS(=O)(=O)C3CC3)C[C@H]2C=CCCCCC[C@H](Nc2cccc(F)c2)C(=O)N2C[C@H](Oc3nc4ccc(Br)cc4s3)C[C@@H]12. The first kappa shape index (κ1) is 33.9. The molecule has 3 aromatic rings. The molecular formula is C34H37BrFN5O6S2.